The summed E-state index contributed by atoms with van der Waals surface area (Å²) in [7, 11) is 1.37. The van der Waals surface area contributed by atoms with E-state index >= 15 is 0 Å². The number of alkyl halides is 3. The fourth-order valence-corrected chi connectivity index (χ4v) is 2.25. The maximum absolute atomic E-state index is 12.9. The zero-order valence-electron chi connectivity index (χ0n) is 13.9. The lowest BCUT2D eigenvalue weighted by molar-refractivity contribution is -0.137. The lowest BCUT2D eigenvalue weighted by Gasteiger charge is -2.12. The number of anilines is 3. The molecule has 0 spiro atoms. The van der Waals surface area contributed by atoms with E-state index in [-0.39, 0.29) is 11.8 Å². The standard InChI is InChI=1S/C15H15F3N8/c1-9-12(6-23-26(9)7-10-3-4-20-8-22-10)24-14-21-5-11(15(16,17)18)13(19-2)25-14/h3-6,8H,7H2,1-2H3,(H2,19,21,24,25). The van der Waals surface area contributed by atoms with E-state index in [1.807, 2.05) is 6.92 Å². The summed E-state index contributed by atoms with van der Waals surface area (Å²) in [6.45, 7) is 2.26. The van der Waals surface area contributed by atoms with Crippen LogP contribution in [0.1, 0.15) is 17.0 Å². The van der Waals surface area contributed by atoms with E-state index in [1.165, 1.54) is 13.4 Å². The summed E-state index contributed by atoms with van der Waals surface area (Å²) >= 11 is 0. The van der Waals surface area contributed by atoms with Crippen LogP contribution in [-0.4, -0.2) is 36.8 Å². The monoisotopic (exact) mass is 364 g/mol. The van der Waals surface area contributed by atoms with Crippen molar-refractivity contribution in [3.63, 3.8) is 0 Å². The molecule has 0 aliphatic heterocycles. The van der Waals surface area contributed by atoms with Gasteiger partial charge in [0.15, 0.2) is 0 Å². The van der Waals surface area contributed by atoms with Gasteiger partial charge in [0.2, 0.25) is 5.95 Å². The molecule has 0 radical (unpaired) electrons. The number of nitrogens with zero attached hydrogens (tertiary/aromatic N) is 6. The Kier molecular flexibility index (Phi) is 4.69. The molecule has 0 atom stereocenters. The van der Waals surface area contributed by atoms with Gasteiger partial charge in [0.25, 0.3) is 0 Å². The van der Waals surface area contributed by atoms with Crippen LogP contribution in [0.3, 0.4) is 0 Å². The molecule has 0 aromatic carbocycles. The van der Waals surface area contributed by atoms with Gasteiger partial charge in [-0.25, -0.2) is 15.0 Å². The van der Waals surface area contributed by atoms with E-state index in [1.54, 1.807) is 23.1 Å². The summed E-state index contributed by atoms with van der Waals surface area (Å²) in [4.78, 5) is 15.6. The summed E-state index contributed by atoms with van der Waals surface area (Å²) < 4.78 is 40.4. The van der Waals surface area contributed by atoms with Gasteiger partial charge in [0, 0.05) is 19.4 Å². The summed E-state index contributed by atoms with van der Waals surface area (Å²) in [6.07, 6.45) is 0.839. The number of rotatable bonds is 5. The predicted octanol–water partition coefficient (Wildman–Crippen LogP) is 2.62. The highest BCUT2D eigenvalue weighted by Gasteiger charge is 2.35. The maximum Gasteiger partial charge on any atom is 0.421 e. The van der Waals surface area contributed by atoms with Crippen LogP contribution in [0.5, 0.6) is 0 Å². The second-order valence-electron chi connectivity index (χ2n) is 5.33. The Balaban J connectivity index is 1.81. The molecule has 0 aliphatic carbocycles. The van der Waals surface area contributed by atoms with Gasteiger partial charge in [-0.1, -0.05) is 0 Å². The first-order chi connectivity index (χ1) is 12.4. The van der Waals surface area contributed by atoms with Crippen LogP contribution in [-0.2, 0) is 12.7 Å². The lowest BCUT2D eigenvalue weighted by atomic mass is 10.3. The molecule has 0 saturated heterocycles. The van der Waals surface area contributed by atoms with E-state index in [0.717, 1.165) is 17.6 Å². The van der Waals surface area contributed by atoms with Crippen molar-refractivity contribution in [1.29, 1.82) is 0 Å². The normalized spacial score (nSPS) is 11.4. The van der Waals surface area contributed by atoms with Crippen LogP contribution in [0, 0.1) is 6.92 Å². The summed E-state index contributed by atoms with van der Waals surface area (Å²) in [6, 6.07) is 1.77. The van der Waals surface area contributed by atoms with Gasteiger partial charge in [-0.15, -0.1) is 0 Å². The van der Waals surface area contributed by atoms with Gasteiger partial charge < -0.3 is 10.6 Å². The van der Waals surface area contributed by atoms with Crippen LogP contribution in [0.25, 0.3) is 0 Å². The van der Waals surface area contributed by atoms with E-state index in [9.17, 15) is 13.2 Å². The topological polar surface area (TPSA) is 93.4 Å². The quantitative estimate of drug-likeness (QED) is 0.719. The van der Waals surface area contributed by atoms with E-state index in [2.05, 4.69) is 35.7 Å². The van der Waals surface area contributed by atoms with Crippen molar-refractivity contribution in [3.05, 3.63) is 47.9 Å². The van der Waals surface area contributed by atoms with Crippen molar-refractivity contribution in [2.24, 2.45) is 0 Å². The Labute approximate surface area is 146 Å². The molecule has 3 aromatic rings. The molecule has 0 fully saturated rings. The number of halogens is 3. The molecule has 0 unspecified atom stereocenters. The Hall–Kier alpha value is -3.24. The number of aromatic nitrogens is 6. The third kappa shape index (κ3) is 3.71. The third-order valence-corrected chi connectivity index (χ3v) is 3.64. The summed E-state index contributed by atoms with van der Waals surface area (Å²) in [5.74, 6) is -0.270. The first kappa shape index (κ1) is 17.6. The smallest absolute Gasteiger partial charge is 0.372 e. The predicted molar refractivity (Wildman–Crippen MR) is 88.0 cm³/mol. The zero-order chi connectivity index (χ0) is 18.7. The molecule has 0 saturated carbocycles. The van der Waals surface area contributed by atoms with Crippen LogP contribution in [0.4, 0.5) is 30.6 Å². The number of nitrogens with one attached hydrogen (secondary N) is 2. The second-order valence-corrected chi connectivity index (χ2v) is 5.33. The van der Waals surface area contributed by atoms with Crippen LogP contribution < -0.4 is 10.6 Å². The minimum absolute atomic E-state index is 0.0343. The van der Waals surface area contributed by atoms with Gasteiger partial charge in [0.1, 0.15) is 17.7 Å². The molecule has 11 heteroatoms. The highest BCUT2D eigenvalue weighted by Crippen LogP contribution is 2.33. The molecule has 3 aromatic heterocycles. The van der Waals surface area contributed by atoms with Crippen molar-refractivity contribution in [3.8, 4) is 0 Å². The van der Waals surface area contributed by atoms with Gasteiger partial charge >= 0.3 is 6.18 Å². The lowest BCUT2D eigenvalue weighted by Crippen LogP contribution is -2.12. The van der Waals surface area contributed by atoms with E-state index in [0.29, 0.717) is 12.2 Å². The van der Waals surface area contributed by atoms with Crippen molar-refractivity contribution in [2.45, 2.75) is 19.6 Å². The Morgan fingerprint density at radius 3 is 2.65 bits per heavy atom. The molecule has 0 bridgehead atoms. The minimum Gasteiger partial charge on any atom is -0.372 e. The molecule has 3 rings (SSSR count). The molecule has 0 amide bonds. The van der Waals surface area contributed by atoms with Gasteiger partial charge in [-0.3, -0.25) is 4.68 Å². The number of hydrogen-bond acceptors (Lipinski definition) is 7. The van der Waals surface area contributed by atoms with Crippen LogP contribution in [0.15, 0.2) is 31.0 Å². The zero-order valence-corrected chi connectivity index (χ0v) is 13.9. The molecule has 26 heavy (non-hydrogen) atoms. The van der Waals surface area contributed by atoms with Crippen molar-refractivity contribution < 1.29 is 13.2 Å². The largest absolute Gasteiger partial charge is 0.421 e. The Bertz CT molecular complexity index is 892. The average molecular weight is 364 g/mol. The molecular formula is C15H15F3N8. The highest BCUT2D eigenvalue weighted by atomic mass is 19.4. The van der Waals surface area contributed by atoms with Gasteiger partial charge in [-0.2, -0.15) is 23.3 Å². The summed E-state index contributed by atoms with van der Waals surface area (Å²) in [5.41, 5.74) is 1.20. The number of hydrogen-bond donors (Lipinski definition) is 2. The first-order valence-corrected chi connectivity index (χ1v) is 7.55. The fourth-order valence-electron chi connectivity index (χ4n) is 2.25. The molecule has 2 N–H and O–H groups in total. The Morgan fingerprint density at radius 2 is 2.00 bits per heavy atom. The molecule has 8 nitrogen and oxygen atoms in total. The van der Waals surface area contributed by atoms with Crippen molar-refractivity contribution >= 4 is 17.5 Å². The molecule has 3 heterocycles. The van der Waals surface area contributed by atoms with Crippen LogP contribution >= 0.6 is 0 Å². The Morgan fingerprint density at radius 1 is 1.19 bits per heavy atom. The van der Waals surface area contributed by atoms with Gasteiger partial charge in [-0.05, 0) is 13.0 Å². The molecule has 136 valence electrons. The second kappa shape index (κ2) is 6.94. The molecule has 0 aliphatic rings. The first-order valence-electron chi connectivity index (χ1n) is 7.55. The minimum atomic E-state index is -4.53. The van der Waals surface area contributed by atoms with E-state index < -0.39 is 11.7 Å². The van der Waals surface area contributed by atoms with Crippen molar-refractivity contribution in [1.82, 2.24) is 29.7 Å². The fraction of sp³-hybridized carbons (Fsp3) is 0.267. The highest BCUT2D eigenvalue weighted by molar-refractivity contribution is 5.58. The van der Waals surface area contributed by atoms with Gasteiger partial charge in [0.05, 0.1) is 29.8 Å². The molecular weight excluding hydrogens is 349 g/mol. The van der Waals surface area contributed by atoms with Crippen LogP contribution in [0.2, 0.25) is 0 Å². The summed E-state index contributed by atoms with van der Waals surface area (Å²) in [5, 5.41) is 9.57. The SMILES string of the molecule is CNc1nc(Nc2cnn(Cc3ccncn3)c2C)ncc1C(F)(F)F. The third-order valence-electron chi connectivity index (χ3n) is 3.64. The maximum atomic E-state index is 12.9. The average Bonchev–Trinajstić information content (AvgIpc) is 2.95. The van der Waals surface area contributed by atoms with Crippen molar-refractivity contribution in [2.75, 3.05) is 17.7 Å². The van der Waals surface area contributed by atoms with E-state index in [4.69, 9.17) is 0 Å².